The summed E-state index contributed by atoms with van der Waals surface area (Å²) in [5.41, 5.74) is 0.153. The van der Waals surface area contributed by atoms with Crippen LogP contribution in [0.5, 0.6) is 5.75 Å². The molecule has 0 fully saturated rings. The molecule has 4 rings (SSSR count). The Morgan fingerprint density at radius 3 is 2.63 bits per heavy atom. The zero-order valence-electron chi connectivity index (χ0n) is 15.1. The molecule has 1 aliphatic heterocycles. The first kappa shape index (κ1) is 18.2. The van der Waals surface area contributed by atoms with Crippen molar-refractivity contribution in [3.63, 3.8) is 0 Å². The fourth-order valence-corrected chi connectivity index (χ4v) is 5.23. The lowest BCUT2D eigenvalue weighted by Crippen LogP contribution is -2.52. The molecule has 1 atom stereocenters. The lowest BCUT2D eigenvalue weighted by atomic mass is 9.95. The molecule has 1 aromatic carbocycles. The van der Waals surface area contributed by atoms with Crippen LogP contribution in [0.3, 0.4) is 0 Å². The standard InChI is InChI=1S/C21H20FNO2S2/c1-21(2,25-15-7-5-14(22)6-8-15)20(24)23-11-9-17-16(10-13-27-17)19(23)18-4-3-12-26-18/h3-8,10,12-13,19H,9,11H2,1-2H3/t19-/m0/s1. The van der Waals surface area contributed by atoms with Crippen LogP contribution in [0.4, 0.5) is 4.39 Å². The molecular formula is C21H20FNO2S2. The minimum atomic E-state index is -1.05. The summed E-state index contributed by atoms with van der Waals surface area (Å²) in [6, 6.07) is 11.9. The van der Waals surface area contributed by atoms with E-state index in [2.05, 4.69) is 17.5 Å². The van der Waals surface area contributed by atoms with E-state index in [1.165, 1.54) is 22.6 Å². The quantitative estimate of drug-likeness (QED) is 0.595. The Hall–Kier alpha value is -2.18. The average Bonchev–Trinajstić information content (AvgIpc) is 3.33. The molecule has 0 N–H and O–H groups in total. The van der Waals surface area contributed by atoms with Crippen LogP contribution < -0.4 is 4.74 Å². The Morgan fingerprint density at radius 2 is 1.93 bits per heavy atom. The van der Waals surface area contributed by atoms with Crippen LogP contribution in [0.2, 0.25) is 0 Å². The molecule has 0 aliphatic carbocycles. The highest BCUT2D eigenvalue weighted by atomic mass is 32.1. The summed E-state index contributed by atoms with van der Waals surface area (Å²) in [4.78, 5) is 17.9. The van der Waals surface area contributed by atoms with Gasteiger partial charge in [-0.2, -0.15) is 0 Å². The third-order valence-electron chi connectivity index (χ3n) is 4.74. The average molecular weight is 402 g/mol. The number of thiophene rings is 2. The van der Waals surface area contributed by atoms with Crippen LogP contribution in [-0.4, -0.2) is 23.0 Å². The van der Waals surface area contributed by atoms with Gasteiger partial charge in [0.25, 0.3) is 5.91 Å². The molecule has 2 aromatic heterocycles. The van der Waals surface area contributed by atoms with Crippen LogP contribution in [0.1, 0.15) is 35.2 Å². The highest BCUT2D eigenvalue weighted by Crippen LogP contribution is 2.40. The number of amides is 1. The van der Waals surface area contributed by atoms with Gasteiger partial charge in [0.1, 0.15) is 11.6 Å². The largest absolute Gasteiger partial charge is 0.478 e. The van der Waals surface area contributed by atoms with Crippen molar-refractivity contribution in [1.82, 2.24) is 4.90 Å². The predicted molar refractivity (Wildman–Crippen MR) is 107 cm³/mol. The molecule has 140 valence electrons. The van der Waals surface area contributed by atoms with Gasteiger partial charge in [-0.3, -0.25) is 4.79 Å². The fraction of sp³-hybridized carbons (Fsp3) is 0.286. The second kappa shape index (κ2) is 7.09. The lowest BCUT2D eigenvalue weighted by molar-refractivity contribution is -0.147. The molecular weight excluding hydrogens is 381 g/mol. The van der Waals surface area contributed by atoms with Gasteiger partial charge in [0.05, 0.1) is 6.04 Å². The Kier molecular flexibility index (Phi) is 4.78. The first-order valence-electron chi connectivity index (χ1n) is 8.81. The number of benzene rings is 1. The fourth-order valence-electron chi connectivity index (χ4n) is 3.48. The van der Waals surface area contributed by atoms with E-state index in [1.807, 2.05) is 16.3 Å². The van der Waals surface area contributed by atoms with Crippen LogP contribution in [0, 0.1) is 5.82 Å². The minimum Gasteiger partial charge on any atom is -0.478 e. The highest BCUT2D eigenvalue weighted by molar-refractivity contribution is 7.10. The summed E-state index contributed by atoms with van der Waals surface area (Å²) in [7, 11) is 0. The molecule has 0 spiro atoms. The maximum atomic E-state index is 13.5. The molecule has 27 heavy (non-hydrogen) atoms. The first-order chi connectivity index (χ1) is 13.0. The van der Waals surface area contributed by atoms with E-state index in [4.69, 9.17) is 4.74 Å². The number of carbonyl (C=O) groups excluding carboxylic acids is 1. The minimum absolute atomic E-state index is 0.0675. The van der Waals surface area contributed by atoms with Crippen LogP contribution >= 0.6 is 22.7 Å². The number of halogens is 1. The number of hydrogen-bond donors (Lipinski definition) is 0. The van der Waals surface area contributed by atoms with Crippen molar-refractivity contribution in [2.45, 2.75) is 31.9 Å². The molecule has 0 unspecified atom stereocenters. The van der Waals surface area contributed by atoms with Crippen molar-refractivity contribution in [1.29, 1.82) is 0 Å². The van der Waals surface area contributed by atoms with Crippen molar-refractivity contribution < 1.29 is 13.9 Å². The van der Waals surface area contributed by atoms with Crippen molar-refractivity contribution in [2.24, 2.45) is 0 Å². The summed E-state index contributed by atoms with van der Waals surface area (Å²) < 4.78 is 19.1. The van der Waals surface area contributed by atoms with Gasteiger partial charge in [-0.1, -0.05) is 6.07 Å². The zero-order chi connectivity index (χ0) is 19.0. The second-order valence-corrected chi connectivity index (χ2v) is 9.01. The number of ether oxygens (including phenoxy) is 1. The molecule has 3 heterocycles. The summed E-state index contributed by atoms with van der Waals surface area (Å²) >= 11 is 3.41. The molecule has 1 amide bonds. The number of fused-ring (bicyclic) bond motifs is 1. The Balaban J connectivity index is 1.64. The van der Waals surface area contributed by atoms with Gasteiger partial charge >= 0.3 is 0 Å². The van der Waals surface area contributed by atoms with Crippen molar-refractivity contribution >= 4 is 28.6 Å². The highest BCUT2D eigenvalue weighted by Gasteiger charge is 2.41. The second-order valence-electron chi connectivity index (χ2n) is 7.03. The van der Waals surface area contributed by atoms with Gasteiger partial charge < -0.3 is 9.64 Å². The van der Waals surface area contributed by atoms with E-state index in [0.29, 0.717) is 12.3 Å². The molecule has 0 saturated carbocycles. The van der Waals surface area contributed by atoms with Crippen LogP contribution in [0.15, 0.2) is 53.2 Å². The topological polar surface area (TPSA) is 29.5 Å². The van der Waals surface area contributed by atoms with E-state index in [0.717, 1.165) is 11.3 Å². The number of nitrogens with zero attached hydrogens (tertiary/aromatic N) is 1. The van der Waals surface area contributed by atoms with E-state index in [9.17, 15) is 9.18 Å². The molecule has 6 heteroatoms. The lowest BCUT2D eigenvalue weighted by Gasteiger charge is -2.40. The Labute approximate surface area is 166 Å². The molecule has 1 aliphatic rings. The molecule has 0 bridgehead atoms. The summed E-state index contributed by atoms with van der Waals surface area (Å²) in [6.07, 6.45) is 0.854. The Morgan fingerprint density at radius 1 is 1.15 bits per heavy atom. The third-order valence-corrected chi connectivity index (χ3v) is 6.66. The summed E-state index contributed by atoms with van der Waals surface area (Å²) in [5, 5.41) is 4.14. The normalized spacial score (nSPS) is 16.9. The molecule has 3 nitrogen and oxygen atoms in total. The van der Waals surface area contributed by atoms with Crippen molar-refractivity contribution in [2.75, 3.05) is 6.54 Å². The third kappa shape index (κ3) is 3.51. The van der Waals surface area contributed by atoms with Crippen LogP contribution in [-0.2, 0) is 11.2 Å². The van der Waals surface area contributed by atoms with E-state index in [1.54, 1.807) is 48.7 Å². The zero-order valence-corrected chi connectivity index (χ0v) is 16.8. The molecule has 3 aromatic rings. The molecule has 0 saturated heterocycles. The van der Waals surface area contributed by atoms with Gasteiger partial charge in [-0.15, -0.1) is 22.7 Å². The van der Waals surface area contributed by atoms with Crippen LogP contribution in [0.25, 0.3) is 0 Å². The number of hydrogen-bond acceptors (Lipinski definition) is 4. The van der Waals surface area contributed by atoms with Gasteiger partial charge in [-0.25, -0.2) is 4.39 Å². The smallest absolute Gasteiger partial charge is 0.266 e. The van der Waals surface area contributed by atoms with E-state index < -0.39 is 5.60 Å². The maximum absolute atomic E-state index is 13.5. The van der Waals surface area contributed by atoms with Gasteiger partial charge in [0, 0.05) is 16.3 Å². The van der Waals surface area contributed by atoms with Gasteiger partial charge in [-0.05, 0) is 73.0 Å². The monoisotopic (exact) mass is 401 g/mol. The van der Waals surface area contributed by atoms with Crippen molar-refractivity contribution in [3.8, 4) is 5.75 Å². The van der Waals surface area contributed by atoms with Gasteiger partial charge in [0.15, 0.2) is 5.60 Å². The summed E-state index contributed by atoms with van der Waals surface area (Å²) in [5.74, 6) is 0.0861. The number of carbonyl (C=O) groups is 1. The SMILES string of the molecule is CC(C)(Oc1ccc(F)cc1)C(=O)N1CCc2sccc2[C@H]1c1cccs1. The predicted octanol–water partition coefficient (Wildman–Crippen LogP) is 5.28. The summed E-state index contributed by atoms with van der Waals surface area (Å²) in [6.45, 7) is 4.20. The Bertz CT molecular complexity index is 932. The van der Waals surface area contributed by atoms with E-state index >= 15 is 0 Å². The maximum Gasteiger partial charge on any atom is 0.266 e. The van der Waals surface area contributed by atoms with E-state index in [-0.39, 0.29) is 17.8 Å². The molecule has 0 radical (unpaired) electrons. The van der Waals surface area contributed by atoms with Crippen molar-refractivity contribution in [3.05, 3.63) is 74.4 Å². The number of rotatable bonds is 4. The first-order valence-corrected chi connectivity index (χ1v) is 10.6. The van der Waals surface area contributed by atoms with Gasteiger partial charge in [0.2, 0.25) is 0 Å².